The summed E-state index contributed by atoms with van der Waals surface area (Å²) in [7, 11) is 0.283. The molecule has 24 heavy (non-hydrogen) atoms. The second kappa shape index (κ2) is 8.97. The summed E-state index contributed by atoms with van der Waals surface area (Å²) >= 11 is 0. The maximum absolute atomic E-state index is 12.9. The molecule has 2 rings (SSSR count). The van der Waals surface area contributed by atoms with Gasteiger partial charge in [-0.3, -0.25) is 0 Å². The van der Waals surface area contributed by atoms with Crippen LogP contribution in [-0.2, 0) is 27.7 Å². The fraction of sp³-hybridized carbons (Fsp3) is 0.824. The topological polar surface area (TPSA) is 64.4 Å². The van der Waals surface area contributed by atoms with Crippen LogP contribution in [0.5, 0.6) is 0 Å². The summed E-state index contributed by atoms with van der Waals surface area (Å²) in [5, 5.41) is 0.213. The fourth-order valence-corrected chi connectivity index (χ4v) is 5.18. The lowest BCUT2D eigenvalue weighted by atomic mass is 9.91. The summed E-state index contributed by atoms with van der Waals surface area (Å²) < 4.78 is 32.8. The molecule has 0 saturated heterocycles. The van der Waals surface area contributed by atoms with Crippen molar-refractivity contribution in [3.05, 3.63) is 11.9 Å². The van der Waals surface area contributed by atoms with E-state index in [1.54, 1.807) is 13.3 Å². The van der Waals surface area contributed by atoms with Crippen LogP contribution in [0.25, 0.3) is 0 Å². The molecule has 0 radical (unpaired) electrons. The van der Waals surface area contributed by atoms with Crippen molar-refractivity contribution in [2.45, 2.75) is 57.3 Å². The predicted octanol–water partition coefficient (Wildman–Crippen LogP) is 2.34. The summed E-state index contributed by atoms with van der Waals surface area (Å²) in [4.78, 5) is 6.42. The second-order valence-electron chi connectivity index (χ2n) is 6.79. The van der Waals surface area contributed by atoms with Crippen LogP contribution >= 0.6 is 0 Å². The third-order valence-corrected chi connectivity index (χ3v) is 6.64. The lowest BCUT2D eigenvalue weighted by molar-refractivity contribution is 0.182. The molecular weight excluding hydrogens is 326 g/mol. The molecule has 0 N–H and O–H groups in total. The molecule has 7 heteroatoms. The van der Waals surface area contributed by atoms with Gasteiger partial charge in [0, 0.05) is 20.2 Å². The summed E-state index contributed by atoms with van der Waals surface area (Å²) in [5.74, 6) is 0.498. The van der Waals surface area contributed by atoms with Crippen molar-refractivity contribution in [2.24, 2.45) is 5.92 Å². The molecule has 1 saturated carbocycles. The van der Waals surface area contributed by atoms with E-state index in [4.69, 9.17) is 4.74 Å². The van der Waals surface area contributed by atoms with Crippen LogP contribution in [0, 0.1) is 5.92 Å². The molecule has 1 fully saturated rings. The highest BCUT2D eigenvalue weighted by molar-refractivity contribution is 7.91. The van der Waals surface area contributed by atoms with Crippen molar-refractivity contribution in [1.82, 2.24) is 14.5 Å². The van der Waals surface area contributed by atoms with Crippen molar-refractivity contribution in [3.8, 4) is 0 Å². The van der Waals surface area contributed by atoms with Gasteiger partial charge in [-0.25, -0.2) is 13.4 Å². The molecule has 0 aliphatic heterocycles. The van der Waals surface area contributed by atoms with Gasteiger partial charge in [0.05, 0.1) is 24.3 Å². The quantitative estimate of drug-likeness (QED) is 0.679. The molecule has 0 spiro atoms. The number of rotatable bonds is 9. The average Bonchev–Trinajstić information content (AvgIpc) is 2.96. The third-order valence-electron chi connectivity index (χ3n) is 4.85. The predicted molar refractivity (Wildman–Crippen MR) is 94.7 cm³/mol. The number of ether oxygens (including phenoxy) is 1. The monoisotopic (exact) mass is 357 g/mol. The van der Waals surface area contributed by atoms with Crippen LogP contribution in [-0.4, -0.2) is 55.9 Å². The van der Waals surface area contributed by atoms with E-state index in [2.05, 4.69) is 16.8 Å². The molecular formula is C17H31N3O3S. The summed E-state index contributed by atoms with van der Waals surface area (Å²) in [6.45, 7) is 4.66. The number of hydrogen-bond donors (Lipinski definition) is 0. The van der Waals surface area contributed by atoms with Crippen molar-refractivity contribution in [2.75, 3.05) is 33.1 Å². The maximum atomic E-state index is 12.9. The molecule has 1 aliphatic carbocycles. The Bertz CT molecular complexity index is 607. The van der Waals surface area contributed by atoms with E-state index in [0.29, 0.717) is 19.7 Å². The van der Waals surface area contributed by atoms with Gasteiger partial charge in [0.1, 0.15) is 0 Å². The Morgan fingerprint density at radius 2 is 2.04 bits per heavy atom. The molecule has 6 nitrogen and oxygen atoms in total. The second-order valence-corrected chi connectivity index (χ2v) is 8.72. The Labute approximate surface area is 146 Å². The molecule has 0 aromatic carbocycles. The summed E-state index contributed by atoms with van der Waals surface area (Å²) in [6.07, 6.45) is 7.25. The van der Waals surface area contributed by atoms with Gasteiger partial charge in [-0.15, -0.1) is 0 Å². The summed E-state index contributed by atoms with van der Waals surface area (Å²) in [6, 6.07) is 0. The van der Waals surface area contributed by atoms with Crippen LogP contribution in [0.15, 0.2) is 11.4 Å². The zero-order valence-corrected chi connectivity index (χ0v) is 16.0. The lowest BCUT2D eigenvalue weighted by Crippen LogP contribution is -2.24. The molecule has 0 atom stereocenters. The standard InChI is InChI=1S/C17H31N3O3S/c1-4-19(2)13-16-12-18-17(20(16)10-11-23-3)24(21,22)14-15-8-6-5-7-9-15/h12,15H,4-11,13-14H2,1-3H3. The van der Waals surface area contributed by atoms with Gasteiger partial charge >= 0.3 is 0 Å². The SMILES string of the molecule is CCN(C)Cc1cnc(S(=O)(=O)CC2CCCCC2)n1CCOC. The van der Waals surface area contributed by atoms with Gasteiger partial charge in [0.15, 0.2) is 0 Å². The number of hydrogen-bond acceptors (Lipinski definition) is 5. The zero-order valence-electron chi connectivity index (χ0n) is 15.2. The van der Waals surface area contributed by atoms with Gasteiger partial charge in [0.2, 0.25) is 15.0 Å². The first-order valence-corrected chi connectivity index (χ1v) is 10.6. The normalized spacial score (nSPS) is 16.8. The van der Waals surface area contributed by atoms with E-state index in [1.165, 1.54) is 6.42 Å². The first-order valence-electron chi connectivity index (χ1n) is 8.92. The molecule has 1 heterocycles. The zero-order chi connectivity index (χ0) is 17.6. The molecule has 0 unspecified atom stereocenters. The van der Waals surface area contributed by atoms with Crippen LogP contribution in [0.1, 0.15) is 44.7 Å². The number of nitrogens with zero attached hydrogens (tertiary/aromatic N) is 3. The minimum atomic E-state index is -3.36. The first-order chi connectivity index (χ1) is 11.5. The Balaban J connectivity index is 2.22. The molecule has 138 valence electrons. The van der Waals surface area contributed by atoms with Crippen LogP contribution < -0.4 is 0 Å². The van der Waals surface area contributed by atoms with Crippen LogP contribution in [0.3, 0.4) is 0 Å². The Morgan fingerprint density at radius 1 is 1.33 bits per heavy atom. The van der Waals surface area contributed by atoms with Gasteiger partial charge in [-0.1, -0.05) is 26.2 Å². The highest BCUT2D eigenvalue weighted by Crippen LogP contribution is 2.27. The van der Waals surface area contributed by atoms with Gasteiger partial charge < -0.3 is 14.2 Å². The van der Waals surface area contributed by atoms with E-state index >= 15 is 0 Å². The third kappa shape index (κ3) is 5.04. The smallest absolute Gasteiger partial charge is 0.227 e. The molecule has 1 aromatic rings. The number of aromatic nitrogens is 2. The van der Waals surface area contributed by atoms with E-state index in [0.717, 1.165) is 37.9 Å². The Hall–Kier alpha value is -0.920. The molecule has 0 bridgehead atoms. The van der Waals surface area contributed by atoms with E-state index in [-0.39, 0.29) is 16.8 Å². The first kappa shape index (κ1) is 19.4. The van der Waals surface area contributed by atoms with E-state index < -0.39 is 9.84 Å². The minimum Gasteiger partial charge on any atom is -0.383 e. The number of imidazole rings is 1. The van der Waals surface area contributed by atoms with Crippen molar-refractivity contribution >= 4 is 9.84 Å². The van der Waals surface area contributed by atoms with Crippen molar-refractivity contribution in [1.29, 1.82) is 0 Å². The Kier molecular flexibility index (Phi) is 7.25. The average molecular weight is 358 g/mol. The number of methoxy groups -OCH3 is 1. The van der Waals surface area contributed by atoms with Gasteiger partial charge in [-0.05, 0) is 32.4 Å². The van der Waals surface area contributed by atoms with E-state index in [9.17, 15) is 8.42 Å². The highest BCUT2D eigenvalue weighted by Gasteiger charge is 2.28. The highest BCUT2D eigenvalue weighted by atomic mass is 32.2. The molecule has 0 amide bonds. The van der Waals surface area contributed by atoms with Crippen molar-refractivity contribution in [3.63, 3.8) is 0 Å². The van der Waals surface area contributed by atoms with Crippen molar-refractivity contribution < 1.29 is 13.2 Å². The van der Waals surface area contributed by atoms with Gasteiger partial charge in [0.25, 0.3) is 0 Å². The minimum absolute atomic E-state index is 0.213. The Morgan fingerprint density at radius 3 is 2.67 bits per heavy atom. The van der Waals surface area contributed by atoms with Crippen LogP contribution in [0.4, 0.5) is 0 Å². The molecule has 1 aliphatic rings. The fourth-order valence-electron chi connectivity index (χ4n) is 3.32. The van der Waals surface area contributed by atoms with E-state index in [1.807, 2.05) is 11.6 Å². The maximum Gasteiger partial charge on any atom is 0.227 e. The summed E-state index contributed by atoms with van der Waals surface area (Å²) in [5.41, 5.74) is 0.929. The lowest BCUT2D eigenvalue weighted by Gasteiger charge is -2.21. The largest absolute Gasteiger partial charge is 0.383 e. The van der Waals surface area contributed by atoms with Crippen LogP contribution in [0.2, 0.25) is 0 Å². The molecule has 1 aromatic heterocycles. The number of sulfone groups is 1. The van der Waals surface area contributed by atoms with Gasteiger partial charge in [-0.2, -0.15) is 0 Å².